The van der Waals surface area contributed by atoms with Crippen LogP contribution in [0.5, 0.6) is 11.5 Å². The number of aromatic nitrogens is 2. The fraction of sp³-hybridized carbons (Fsp3) is 0.333. The van der Waals surface area contributed by atoms with Crippen LogP contribution < -0.4 is 4.74 Å². The number of carbonyl (C=O) groups excluding carboxylic acids is 1. The lowest BCUT2D eigenvalue weighted by Crippen LogP contribution is -2.10. The van der Waals surface area contributed by atoms with E-state index in [2.05, 4.69) is 18.9 Å². The molecule has 0 radical (unpaired) electrons. The Kier molecular flexibility index (Phi) is 4.66. The largest absolute Gasteiger partial charge is 0.507 e. The Balaban J connectivity index is 1.85. The molecule has 6 heteroatoms. The van der Waals surface area contributed by atoms with Gasteiger partial charge in [0.1, 0.15) is 18.1 Å². The Morgan fingerprint density at radius 2 is 2.21 bits per heavy atom. The summed E-state index contributed by atoms with van der Waals surface area (Å²) in [7, 11) is 0. The number of benzene rings is 1. The average molecular weight is 328 g/mol. The lowest BCUT2D eigenvalue weighted by molar-refractivity contribution is 0.111. The van der Waals surface area contributed by atoms with Crippen LogP contribution in [0.3, 0.4) is 0 Å². The van der Waals surface area contributed by atoms with Gasteiger partial charge in [0.25, 0.3) is 0 Å². The van der Waals surface area contributed by atoms with E-state index in [-0.39, 0.29) is 17.4 Å². The fourth-order valence-corrected chi connectivity index (χ4v) is 2.76. The zero-order valence-corrected chi connectivity index (χ0v) is 13.7. The molecule has 1 aromatic carbocycles. The van der Waals surface area contributed by atoms with Crippen LogP contribution in [0.4, 0.5) is 0 Å². The highest BCUT2D eigenvalue weighted by Crippen LogP contribution is 2.29. The van der Waals surface area contributed by atoms with Gasteiger partial charge in [-0.2, -0.15) is 5.10 Å². The van der Waals surface area contributed by atoms with E-state index in [1.54, 1.807) is 18.3 Å². The summed E-state index contributed by atoms with van der Waals surface area (Å²) in [6.45, 7) is 5.44. The number of aromatic hydroxyl groups is 1. The third-order valence-corrected chi connectivity index (χ3v) is 3.98. The monoisotopic (exact) mass is 328 g/mol. The highest BCUT2D eigenvalue weighted by atomic mass is 16.5. The van der Waals surface area contributed by atoms with E-state index in [1.807, 2.05) is 10.7 Å². The van der Waals surface area contributed by atoms with E-state index in [9.17, 15) is 9.90 Å². The number of aldehydes is 1. The van der Waals surface area contributed by atoms with Crippen LogP contribution in [0.2, 0.25) is 0 Å². The van der Waals surface area contributed by atoms with Crippen molar-refractivity contribution in [2.24, 2.45) is 0 Å². The molecule has 0 saturated carbocycles. The number of rotatable bonds is 6. The van der Waals surface area contributed by atoms with Gasteiger partial charge in [0.05, 0.1) is 24.5 Å². The molecule has 1 aromatic heterocycles. The Morgan fingerprint density at radius 1 is 1.38 bits per heavy atom. The zero-order valence-electron chi connectivity index (χ0n) is 13.7. The van der Waals surface area contributed by atoms with Gasteiger partial charge in [-0.1, -0.05) is 6.07 Å². The molecule has 0 aliphatic carbocycles. The van der Waals surface area contributed by atoms with Crippen LogP contribution in [0, 0.1) is 0 Å². The van der Waals surface area contributed by atoms with Gasteiger partial charge in [-0.05, 0) is 32.0 Å². The van der Waals surface area contributed by atoms with E-state index in [0.717, 1.165) is 16.8 Å². The second-order valence-corrected chi connectivity index (χ2v) is 5.93. The van der Waals surface area contributed by atoms with Crippen molar-refractivity contribution in [3.63, 3.8) is 0 Å². The fourth-order valence-electron chi connectivity index (χ4n) is 2.76. The predicted molar refractivity (Wildman–Crippen MR) is 89.3 cm³/mol. The molecule has 0 atom stereocenters. The van der Waals surface area contributed by atoms with Crippen molar-refractivity contribution in [3.8, 4) is 11.5 Å². The average Bonchev–Trinajstić information content (AvgIpc) is 3.21. The first-order valence-corrected chi connectivity index (χ1v) is 7.84. The second-order valence-electron chi connectivity index (χ2n) is 5.93. The van der Waals surface area contributed by atoms with Crippen LogP contribution in [0.15, 0.2) is 36.0 Å². The Morgan fingerprint density at radius 3 is 2.96 bits per heavy atom. The first-order chi connectivity index (χ1) is 11.6. The lowest BCUT2D eigenvalue weighted by Gasteiger charge is -2.14. The lowest BCUT2D eigenvalue weighted by atomic mass is 10.1. The maximum Gasteiger partial charge on any atom is 0.157 e. The molecule has 126 valence electrons. The first kappa shape index (κ1) is 16.3. The highest BCUT2D eigenvalue weighted by Gasteiger charge is 2.21. The normalized spacial score (nSPS) is 14.5. The molecule has 1 aliphatic rings. The maximum absolute atomic E-state index is 11.1. The number of carbonyl (C=O) groups is 1. The molecule has 3 rings (SSSR count). The third-order valence-electron chi connectivity index (χ3n) is 3.98. The minimum atomic E-state index is -0.0859. The van der Waals surface area contributed by atoms with Gasteiger partial charge in [0.15, 0.2) is 6.29 Å². The third kappa shape index (κ3) is 3.05. The molecule has 2 heterocycles. The molecule has 24 heavy (non-hydrogen) atoms. The van der Waals surface area contributed by atoms with Crippen molar-refractivity contribution in [1.82, 2.24) is 9.78 Å². The van der Waals surface area contributed by atoms with Gasteiger partial charge < -0.3 is 14.6 Å². The summed E-state index contributed by atoms with van der Waals surface area (Å²) in [5.41, 5.74) is 3.25. The predicted octanol–water partition coefficient (Wildman–Crippen LogP) is 2.84. The Hall–Kier alpha value is -2.60. The van der Waals surface area contributed by atoms with E-state index < -0.39 is 0 Å². The molecule has 2 aromatic rings. The van der Waals surface area contributed by atoms with Crippen molar-refractivity contribution in [1.29, 1.82) is 0 Å². The van der Waals surface area contributed by atoms with Crippen molar-refractivity contribution >= 4 is 11.9 Å². The summed E-state index contributed by atoms with van der Waals surface area (Å²) in [5, 5.41) is 14.1. The van der Waals surface area contributed by atoms with Crippen LogP contribution in [0.1, 0.15) is 35.9 Å². The van der Waals surface area contributed by atoms with Gasteiger partial charge in [0, 0.05) is 23.4 Å². The number of hydrogen-bond acceptors (Lipinski definition) is 5. The van der Waals surface area contributed by atoms with E-state index in [4.69, 9.17) is 9.47 Å². The number of hydrogen-bond donors (Lipinski definition) is 1. The van der Waals surface area contributed by atoms with Gasteiger partial charge in [-0.3, -0.25) is 9.48 Å². The smallest absolute Gasteiger partial charge is 0.157 e. The summed E-state index contributed by atoms with van der Waals surface area (Å²) in [6.07, 6.45) is 2.37. The van der Waals surface area contributed by atoms with Crippen molar-refractivity contribution in [2.45, 2.75) is 19.9 Å². The molecule has 0 fully saturated rings. The molecule has 0 saturated heterocycles. The number of phenols is 1. The molecule has 1 aliphatic heterocycles. The van der Waals surface area contributed by atoms with E-state index >= 15 is 0 Å². The molecule has 6 nitrogen and oxygen atoms in total. The summed E-state index contributed by atoms with van der Waals surface area (Å²) in [5.74, 6) is 0.276. The van der Waals surface area contributed by atoms with Crippen LogP contribution in [0.25, 0.3) is 5.57 Å². The second kappa shape index (κ2) is 6.88. The van der Waals surface area contributed by atoms with Gasteiger partial charge >= 0.3 is 0 Å². The quantitative estimate of drug-likeness (QED) is 0.826. The molecule has 0 unspecified atom stereocenters. The highest BCUT2D eigenvalue weighted by molar-refractivity contribution is 5.83. The Bertz CT molecular complexity index is 777. The summed E-state index contributed by atoms with van der Waals surface area (Å²) in [4.78, 5) is 11.1. The minimum absolute atomic E-state index is 0.0859. The molecule has 0 spiro atoms. The molecule has 1 N–H and O–H groups in total. The molecular weight excluding hydrogens is 308 g/mol. The van der Waals surface area contributed by atoms with E-state index in [0.29, 0.717) is 31.9 Å². The van der Waals surface area contributed by atoms with Crippen LogP contribution >= 0.6 is 0 Å². The first-order valence-electron chi connectivity index (χ1n) is 7.84. The number of ether oxygens (including phenoxy) is 2. The van der Waals surface area contributed by atoms with Crippen molar-refractivity contribution in [3.05, 3.63) is 47.3 Å². The van der Waals surface area contributed by atoms with Crippen molar-refractivity contribution < 1.29 is 19.4 Å². The topological polar surface area (TPSA) is 73.6 Å². The zero-order chi connectivity index (χ0) is 17.1. The van der Waals surface area contributed by atoms with Gasteiger partial charge in [-0.15, -0.1) is 0 Å². The molecule has 0 bridgehead atoms. The van der Waals surface area contributed by atoms with E-state index in [1.165, 1.54) is 6.07 Å². The van der Waals surface area contributed by atoms with Gasteiger partial charge in [0.2, 0.25) is 0 Å². The summed E-state index contributed by atoms with van der Waals surface area (Å²) in [6, 6.07) is 6.98. The van der Waals surface area contributed by atoms with Crippen molar-refractivity contribution in [2.75, 3.05) is 19.8 Å². The number of phenolic OH excluding ortho intramolecular Hbond substituents is 1. The summed E-state index contributed by atoms with van der Waals surface area (Å²) >= 11 is 0. The summed E-state index contributed by atoms with van der Waals surface area (Å²) < 4.78 is 13.3. The maximum atomic E-state index is 11.1. The SMILES string of the molecule is CC(C)n1nccc1C1=C(COc2cccc(O)c2C=O)COC1. The minimum Gasteiger partial charge on any atom is -0.507 e. The van der Waals surface area contributed by atoms with Crippen LogP contribution in [-0.2, 0) is 4.74 Å². The standard InChI is InChI=1S/C18H20N2O4/c1-12(2)20-16(6-7-19-20)15-11-23-9-13(15)10-24-18-5-3-4-17(22)14(18)8-21/h3-8,12,22H,9-11H2,1-2H3. The number of nitrogens with zero attached hydrogens (tertiary/aromatic N) is 2. The molecule has 0 amide bonds. The van der Waals surface area contributed by atoms with Gasteiger partial charge in [-0.25, -0.2) is 0 Å². The Labute approximate surface area is 140 Å². The van der Waals surface area contributed by atoms with Crippen LogP contribution in [-0.4, -0.2) is 41.0 Å². The molecular formula is C18H20N2O4.